The van der Waals surface area contributed by atoms with Crippen molar-refractivity contribution in [2.24, 2.45) is 0 Å². The van der Waals surface area contributed by atoms with E-state index in [4.69, 9.17) is 9.47 Å². The number of imidazole rings is 1. The summed E-state index contributed by atoms with van der Waals surface area (Å²) in [6, 6.07) is 15.7. The van der Waals surface area contributed by atoms with E-state index < -0.39 is 0 Å². The van der Waals surface area contributed by atoms with Crippen molar-refractivity contribution in [3.63, 3.8) is 0 Å². The zero-order valence-electron chi connectivity index (χ0n) is 17.1. The first-order valence-electron chi connectivity index (χ1n) is 9.68. The van der Waals surface area contributed by atoms with Crippen LogP contribution in [0.5, 0.6) is 17.5 Å². The highest BCUT2D eigenvalue weighted by Gasteiger charge is 2.14. The first-order chi connectivity index (χ1) is 14.8. The van der Waals surface area contributed by atoms with Gasteiger partial charge in [-0.2, -0.15) is 4.68 Å². The molecule has 0 bridgehead atoms. The van der Waals surface area contributed by atoms with Crippen LogP contribution in [-0.4, -0.2) is 43.4 Å². The van der Waals surface area contributed by atoms with Crippen LogP contribution in [0.3, 0.4) is 0 Å². The number of ether oxygens (including phenoxy) is 2. The number of para-hydroxylation sites is 1. The number of aromatic nitrogens is 6. The van der Waals surface area contributed by atoms with E-state index in [1.165, 1.54) is 4.68 Å². The summed E-state index contributed by atoms with van der Waals surface area (Å²) in [5.41, 5.74) is 1.91. The van der Waals surface area contributed by atoms with Gasteiger partial charge in [-0.05, 0) is 53.2 Å². The van der Waals surface area contributed by atoms with Gasteiger partial charge >= 0.3 is 6.01 Å². The van der Waals surface area contributed by atoms with Crippen molar-refractivity contribution in [2.75, 3.05) is 13.7 Å². The van der Waals surface area contributed by atoms with Crippen molar-refractivity contribution in [1.29, 1.82) is 0 Å². The van der Waals surface area contributed by atoms with Crippen LogP contribution in [0.1, 0.15) is 12.0 Å². The SMILES string of the molecule is COc1cc(CNCCCn2ccnc2)ccc1Oc1nnnn1-c1ccccc1.Cl. The average Bonchev–Trinajstić information content (AvgIpc) is 3.47. The zero-order valence-corrected chi connectivity index (χ0v) is 17.9. The number of nitrogens with one attached hydrogen (secondary N) is 1. The first-order valence-corrected chi connectivity index (χ1v) is 9.68. The molecule has 4 aromatic rings. The van der Waals surface area contributed by atoms with Gasteiger partial charge in [0.15, 0.2) is 11.5 Å². The van der Waals surface area contributed by atoms with Gasteiger partial charge in [0.1, 0.15) is 0 Å². The Labute approximate surface area is 186 Å². The van der Waals surface area contributed by atoms with E-state index in [2.05, 4.69) is 30.4 Å². The van der Waals surface area contributed by atoms with Crippen molar-refractivity contribution in [2.45, 2.75) is 19.5 Å². The van der Waals surface area contributed by atoms with Crippen LogP contribution in [0.2, 0.25) is 0 Å². The molecule has 0 aliphatic carbocycles. The molecule has 0 aliphatic rings. The van der Waals surface area contributed by atoms with Crippen molar-refractivity contribution >= 4 is 12.4 Å². The molecular formula is C21H24ClN7O2. The molecule has 9 nitrogen and oxygen atoms in total. The number of nitrogens with zero attached hydrogens (tertiary/aromatic N) is 6. The number of aryl methyl sites for hydroxylation is 1. The highest BCUT2D eigenvalue weighted by molar-refractivity contribution is 5.85. The summed E-state index contributed by atoms with van der Waals surface area (Å²) < 4.78 is 15.1. The summed E-state index contributed by atoms with van der Waals surface area (Å²) in [6.07, 6.45) is 6.62. The molecule has 0 radical (unpaired) electrons. The van der Waals surface area contributed by atoms with Crippen molar-refractivity contribution in [3.05, 3.63) is 72.8 Å². The smallest absolute Gasteiger partial charge is 0.346 e. The van der Waals surface area contributed by atoms with E-state index in [0.29, 0.717) is 11.5 Å². The number of hydrogen-bond acceptors (Lipinski definition) is 7. The molecule has 0 aliphatic heterocycles. The van der Waals surface area contributed by atoms with E-state index in [1.54, 1.807) is 13.3 Å². The molecule has 31 heavy (non-hydrogen) atoms. The van der Waals surface area contributed by atoms with Crippen molar-refractivity contribution < 1.29 is 9.47 Å². The minimum Gasteiger partial charge on any atom is -0.493 e. The third kappa shape index (κ3) is 5.80. The second-order valence-electron chi connectivity index (χ2n) is 6.63. The summed E-state index contributed by atoms with van der Waals surface area (Å²) >= 11 is 0. The minimum atomic E-state index is 0. The van der Waals surface area contributed by atoms with E-state index in [1.807, 2.05) is 61.1 Å². The fourth-order valence-electron chi connectivity index (χ4n) is 3.02. The van der Waals surface area contributed by atoms with Crippen molar-refractivity contribution in [3.8, 4) is 23.2 Å². The molecule has 1 N–H and O–H groups in total. The Kier molecular flexibility index (Phi) is 7.97. The number of methoxy groups -OCH3 is 1. The Hall–Kier alpha value is -3.43. The second-order valence-corrected chi connectivity index (χ2v) is 6.63. The Bertz CT molecular complexity index is 1050. The van der Waals surface area contributed by atoms with E-state index in [9.17, 15) is 0 Å². The molecule has 0 amide bonds. The van der Waals surface area contributed by atoms with Crippen LogP contribution in [0, 0.1) is 0 Å². The van der Waals surface area contributed by atoms with Gasteiger partial charge in [0.2, 0.25) is 0 Å². The van der Waals surface area contributed by atoms with Gasteiger partial charge in [-0.1, -0.05) is 29.4 Å². The summed E-state index contributed by atoms with van der Waals surface area (Å²) in [4.78, 5) is 4.05. The van der Waals surface area contributed by atoms with Gasteiger partial charge in [-0.3, -0.25) is 0 Å². The lowest BCUT2D eigenvalue weighted by atomic mass is 10.2. The molecule has 0 unspecified atom stereocenters. The van der Waals surface area contributed by atoms with Gasteiger partial charge in [-0.15, -0.1) is 12.4 Å². The lowest BCUT2D eigenvalue weighted by molar-refractivity contribution is 0.362. The van der Waals surface area contributed by atoms with Crippen LogP contribution in [0.4, 0.5) is 0 Å². The molecular weight excluding hydrogens is 418 g/mol. The maximum absolute atomic E-state index is 5.94. The Morgan fingerprint density at radius 2 is 1.94 bits per heavy atom. The molecule has 2 aromatic heterocycles. The number of halogens is 1. The third-order valence-corrected chi connectivity index (χ3v) is 4.53. The monoisotopic (exact) mass is 441 g/mol. The molecule has 2 aromatic carbocycles. The number of tetrazole rings is 1. The largest absolute Gasteiger partial charge is 0.493 e. The minimum absolute atomic E-state index is 0. The molecule has 0 saturated heterocycles. The van der Waals surface area contributed by atoms with Crippen LogP contribution >= 0.6 is 12.4 Å². The predicted octanol–water partition coefficient (Wildman–Crippen LogP) is 3.26. The maximum atomic E-state index is 5.94. The second kappa shape index (κ2) is 11.1. The van der Waals surface area contributed by atoms with Crippen LogP contribution in [0.25, 0.3) is 5.69 Å². The molecule has 0 fully saturated rings. The summed E-state index contributed by atoms with van der Waals surface area (Å²) in [7, 11) is 1.62. The lowest BCUT2D eigenvalue weighted by Crippen LogP contribution is -2.16. The number of benzene rings is 2. The predicted molar refractivity (Wildman–Crippen MR) is 118 cm³/mol. The third-order valence-electron chi connectivity index (χ3n) is 4.53. The van der Waals surface area contributed by atoms with Crippen LogP contribution < -0.4 is 14.8 Å². The first kappa shape index (κ1) is 22.3. The van der Waals surface area contributed by atoms with Gasteiger partial charge in [0.05, 0.1) is 19.1 Å². The quantitative estimate of drug-likeness (QED) is 0.377. The van der Waals surface area contributed by atoms with Crippen LogP contribution in [-0.2, 0) is 13.1 Å². The number of rotatable bonds is 10. The molecule has 0 atom stereocenters. The maximum Gasteiger partial charge on any atom is 0.346 e. The highest BCUT2D eigenvalue weighted by Crippen LogP contribution is 2.32. The fourth-order valence-corrected chi connectivity index (χ4v) is 3.02. The van der Waals surface area contributed by atoms with E-state index >= 15 is 0 Å². The molecule has 0 spiro atoms. The standard InChI is InChI=1S/C21H23N7O2.ClH/c1-29-20-14-17(15-22-10-5-12-27-13-11-23-16-27)8-9-19(20)30-21-24-25-26-28(21)18-6-3-2-4-7-18;/h2-4,6-9,11,13-14,16,22H,5,10,12,15H2,1H3;1H. The van der Waals surface area contributed by atoms with Gasteiger partial charge in [0.25, 0.3) is 0 Å². The Morgan fingerprint density at radius 3 is 2.71 bits per heavy atom. The normalized spacial score (nSPS) is 10.5. The molecule has 4 rings (SSSR count). The summed E-state index contributed by atoms with van der Waals surface area (Å²) in [5.74, 6) is 1.17. The fraction of sp³-hybridized carbons (Fsp3) is 0.238. The molecule has 0 saturated carbocycles. The van der Waals surface area contributed by atoms with Crippen molar-refractivity contribution in [1.82, 2.24) is 35.1 Å². The molecule has 162 valence electrons. The molecule has 10 heteroatoms. The average molecular weight is 442 g/mol. The van der Waals surface area contributed by atoms with Gasteiger partial charge in [-0.25, -0.2) is 4.98 Å². The lowest BCUT2D eigenvalue weighted by Gasteiger charge is -2.12. The van der Waals surface area contributed by atoms with Gasteiger partial charge < -0.3 is 19.4 Å². The number of hydrogen-bond donors (Lipinski definition) is 1. The highest BCUT2D eigenvalue weighted by atomic mass is 35.5. The van der Waals surface area contributed by atoms with E-state index in [-0.39, 0.29) is 18.4 Å². The summed E-state index contributed by atoms with van der Waals surface area (Å²) in [6.45, 7) is 2.59. The van der Waals surface area contributed by atoms with Crippen LogP contribution in [0.15, 0.2) is 67.3 Å². The Balaban J connectivity index is 0.00000272. The molecule has 2 heterocycles. The summed E-state index contributed by atoms with van der Waals surface area (Å²) in [5, 5.41) is 15.2. The van der Waals surface area contributed by atoms with Gasteiger partial charge in [0, 0.05) is 25.5 Å². The Morgan fingerprint density at radius 1 is 1.06 bits per heavy atom. The van der Waals surface area contributed by atoms with E-state index in [0.717, 1.165) is 37.3 Å². The zero-order chi connectivity index (χ0) is 20.6. The topological polar surface area (TPSA) is 91.9 Å².